The van der Waals surface area contributed by atoms with Gasteiger partial charge in [-0.3, -0.25) is 0 Å². The molecule has 0 bridgehead atoms. The van der Waals surface area contributed by atoms with Gasteiger partial charge in [0.05, 0.1) is 28.7 Å². The summed E-state index contributed by atoms with van der Waals surface area (Å²) in [6.45, 7) is 0. The highest BCUT2D eigenvalue weighted by molar-refractivity contribution is 6.14. The molecule has 1 aliphatic rings. The Morgan fingerprint density at radius 3 is 1.50 bits per heavy atom. The van der Waals surface area contributed by atoms with Crippen molar-refractivity contribution in [2.75, 3.05) is 4.90 Å². The van der Waals surface area contributed by atoms with E-state index in [0.29, 0.717) is 11.1 Å². The van der Waals surface area contributed by atoms with Crippen molar-refractivity contribution < 1.29 is 0 Å². The van der Waals surface area contributed by atoms with Crippen molar-refractivity contribution >= 4 is 38.6 Å². The monoisotopic (exact) mass is 711 g/mol. The molecule has 0 atom stereocenters. The largest absolute Gasteiger partial charge is 0.311 e. The molecular formula is C53H33N3. The van der Waals surface area contributed by atoms with Gasteiger partial charge in [0.1, 0.15) is 0 Å². The molecule has 3 heteroatoms. The molecule has 0 N–H and O–H groups in total. The first-order valence-corrected chi connectivity index (χ1v) is 18.8. The fourth-order valence-corrected chi connectivity index (χ4v) is 8.87. The van der Waals surface area contributed by atoms with Crippen LogP contribution in [-0.2, 0) is 5.41 Å². The van der Waals surface area contributed by atoms with E-state index >= 15 is 0 Å². The van der Waals surface area contributed by atoms with Crippen LogP contribution < -0.4 is 4.90 Å². The zero-order chi connectivity index (χ0) is 37.6. The zero-order valence-corrected chi connectivity index (χ0v) is 30.4. The lowest BCUT2D eigenvalue weighted by atomic mass is 9.67. The van der Waals surface area contributed by atoms with Gasteiger partial charge in [0.2, 0.25) is 0 Å². The predicted molar refractivity (Wildman–Crippen MR) is 228 cm³/mol. The predicted octanol–water partition coefficient (Wildman–Crippen LogP) is 13.2. The zero-order valence-electron chi connectivity index (χ0n) is 30.4. The molecule has 0 spiro atoms. The van der Waals surface area contributed by atoms with E-state index in [1.165, 1.54) is 54.9 Å². The molecule has 0 aromatic heterocycles. The highest BCUT2D eigenvalue weighted by Crippen LogP contribution is 2.58. The Hall–Kier alpha value is -7.72. The second kappa shape index (κ2) is 13.3. The van der Waals surface area contributed by atoms with Crippen LogP contribution >= 0.6 is 0 Å². The molecular weight excluding hydrogens is 679 g/mol. The molecule has 0 saturated carbocycles. The average Bonchev–Trinajstić information content (AvgIpc) is 3.58. The van der Waals surface area contributed by atoms with Gasteiger partial charge in [-0.05, 0) is 133 Å². The lowest BCUT2D eigenvalue weighted by Gasteiger charge is -2.34. The molecule has 0 amide bonds. The maximum absolute atomic E-state index is 9.46. The first kappa shape index (κ1) is 32.9. The minimum atomic E-state index is -0.537. The van der Waals surface area contributed by atoms with Crippen LogP contribution in [0.4, 0.5) is 17.1 Å². The Bertz CT molecular complexity index is 2910. The van der Waals surface area contributed by atoms with Crippen LogP contribution in [0.25, 0.3) is 43.8 Å². The molecule has 9 aromatic carbocycles. The minimum Gasteiger partial charge on any atom is -0.311 e. The topological polar surface area (TPSA) is 50.8 Å². The van der Waals surface area contributed by atoms with E-state index in [-0.39, 0.29) is 0 Å². The number of rotatable bonds is 6. The van der Waals surface area contributed by atoms with E-state index in [4.69, 9.17) is 0 Å². The Morgan fingerprint density at radius 1 is 0.393 bits per heavy atom. The maximum atomic E-state index is 9.46. The van der Waals surface area contributed by atoms with E-state index in [1.807, 2.05) is 48.5 Å². The van der Waals surface area contributed by atoms with Gasteiger partial charge in [0.25, 0.3) is 0 Å². The van der Waals surface area contributed by atoms with Crippen LogP contribution in [0.15, 0.2) is 200 Å². The molecule has 0 radical (unpaired) electrons. The van der Waals surface area contributed by atoms with E-state index in [2.05, 4.69) is 169 Å². The fraction of sp³-hybridized carbons (Fsp3) is 0.0189. The number of anilines is 3. The quantitative estimate of drug-likeness (QED) is 0.161. The number of nitrogens with zero attached hydrogens (tertiary/aromatic N) is 3. The smallest absolute Gasteiger partial charge is 0.0991 e. The van der Waals surface area contributed by atoms with Gasteiger partial charge < -0.3 is 4.90 Å². The molecule has 0 saturated heterocycles. The normalized spacial score (nSPS) is 12.4. The lowest BCUT2D eigenvalue weighted by molar-refractivity contribution is 0.769. The van der Waals surface area contributed by atoms with Gasteiger partial charge in [-0.2, -0.15) is 10.5 Å². The van der Waals surface area contributed by atoms with Gasteiger partial charge in [0, 0.05) is 17.1 Å². The molecule has 0 aliphatic heterocycles. The summed E-state index contributed by atoms with van der Waals surface area (Å²) in [5.74, 6) is 0. The molecule has 0 fully saturated rings. The number of hydrogen-bond acceptors (Lipinski definition) is 3. The minimum absolute atomic E-state index is 0.537. The number of fused-ring (bicyclic) bond motifs is 7. The molecule has 9 aromatic rings. The van der Waals surface area contributed by atoms with Crippen LogP contribution in [0.1, 0.15) is 33.4 Å². The van der Waals surface area contributed by atoms with Crippen molar-refractivity contribution in [1.29, 1.82) is 10.5 Å². The summed E-state index contributed by atoms with van der Waals surface area (Å²) >= 11 is 0. The van der Waals surface area contributed by atoms with Crippen molar-refractivity contribution in [2.24, 2.45) is 0 Å². The molecule has 260 valence electrons. The van der Waals surface area contributed by atoms with Crippen molar-refractivity contribution in [3.8, 4) is 34.4 Å². The van der Waals surface area contributed by atoms with Crippen molar-refractivity contribution in [1.82, 2.24) is 0 Å². The molecule has 56 heavy (non-hydrogen) atoms. The van der Waals surface area contributed by atoms with E-state index < -0.39 is 5.41 Å². The third-order valence-corrected chi connectivity index (χ3v) is 11.4. The molecule has 3 nitrogen and oxygen atoms in total. The van der Waals surface area contributed by atoms with Crippen LogP contribution in [0.5, 0.6) is 0 Å². The molecule has 1 aliphatic carbocycles. The van der Waals surface area contributed by atoms with Crippen LogP contribution in [0.2, 0.25) is 0 Å². The number of benzene rings is 9. The van der Waals surface area contributed by atoms with Gasteiger partial charge in [0.15, 0.2) is 0 Å². The molecule has 0 heterocycles. The average molecular weight is 712 g/mol. The van der Waals surface area contributed by atoms with Crippen molar-refractivity contribution in [3.63, 3.8) is 0 Å². The SMILES string of the molecule is N#Cc1ccc(N(c2ccc(C#N)cc2)c2ccc(-c3ccc4c(c3)C(c3ccccc3)(c3ccccc3)c3ccc5c(ccc6ccccc65)c3-4)cc2)cc1. The highest BCUT2D eigenvalue weighted by Gasteiger charge is 2.46. The molecule has 0 unspecified atom stereocenters. The van der Waals surface area contributed by atoms with E-state index in [9.17, 15) is 10.5 Å². The van der Waals surface area contributed by atoms with Crippen LogP contribution in [0.3, 0.4) is 0 Å². The van der Waals surface area contributed by atoms with Gasteiger partial charge in [-0.1, -0.05) is 133 Å². The summed E-state index contributed by atoms with van der Waals surface area (Å²) in [6.07, 6.45) is 0. The molecule has 10 rings (SSSR count). The number of hydrogen-bond donors (Lipinski definition) is 0. The third kappa shape index (κ3) is 5.11. The van der Waals surface area contributed by atoms with E-state index in [0.717, 1.165) is 28.2 Å². The lowest BCUT2D eigenvalue weighted by Crippen LogP contribution is -2.28. The maximum Gasteiger partial charge on any atom is 0.0991 e. The summed E-state index contributed by atoms with van der Waals surface area (Å²) in [4.78, 5) is 2.15. The summed E-state index contributed by atoms with van der Waals surface area (Å²) in [7, 11) is 0. The first-order chi connectivity index (χ1) is 27.7. The Balaban J connectivity index is 1.16. The summed E-state index contributed by atoms with van der Waals surface area (Å²) in [5.41, 5.74) is 13.3. The summed E-state index contributed by atoms with van der Waals surface area (Å²) < 4.78 is 0. The van der Waals surface area contributed by atoms with Crippen LogP contribution in [-0.4, -0.2) is 0 Å². The van der Waals surface area contributed by atoms with E-state index in [1.54, 1.807) is 0 Å². The third-order valence-electron chi connectivity index (χ3n) is 11.4. The van der Waals surface area contributed by atoms with Crippen molar-refractivity contribution in [2.45, 2.75) is 5.41 Å². The first-order valence-electron chi connectivity index (χ1n) is 18.8. The second-order valence-corrected chi connectivity index (χ2v) is 14.3. The summed E-state index contributed by atoms with van der Waals surface area (Å²) in [6, 6.07) is 75.2. The second-order valence-electron chi connectivity index (χ2n) is 14.3. The standard InChI is InChI=1S/C53H33N3/c54-34-36-15-23-43(24-16-36)56(44-25-17-37(35-55)18-26-44)45-27-19-38(20-28-45)40-22-30-49-51(33-40)53(41-10-3-1-4-11-41,42-12-5-2-6-13-42)50-32-31-47-46-14-8-7-9-39(46)21-29-48(47)52(49)50/h1-33H. The van der Waals surface area contributed by atoms with Gasteiger partial charge >= 0.3 is 0 Å². The van der Waals surface area contributed by atoms with Gasteiger partial charge in [-0.25, -0.2) is 0 Å². The van der Waals surface area contributed by atoms with Crippen LogP contribution in [0, 0.1) is 22.7 Å². The summed E-state index contributed by atoms with van der Waals surface area (Å²) in [5, 5.41) is 23.9. The Morgan fingerprint density at radius 2 is 0.911 bits per heavy atom. The van der Waals surface area contributed by atoms with Gasteiger partial charge in [-0.15, -0.1) is 0 Å². The van der Waals surface area contributed by atoms with Crippen molar-refractivity contribution in [3.05, 3.63) is 234 Å². The number of nitriles is 2. The fourth-order valence-electron chi connectivity index (χ4n) is 8.87. The Labute approximate surface area is 326 Å². The Kier molecular flexibility index (Phi) is 7.81. The highest BCUT2D eigenvalue weighted by atomic mass is 15.1.